The number of hydrogen-bond donors (Lipinski definition) is 4. The van der Waals surface area contributed by atoms with Gasteiger partial charge in [0.05, 0.1) is 28.8 Å². The lowest BCUT2D eigenvalue weighted by Gasteiger charge is -2.20. The minimum atomic E-state index is -1.72. The second-order valence-corrected chi connectivity index (χ2v) is 4.81. The monoisotopic (exact) mass is 342 g/mol. The number of aliphatic hydroxyl groups is 2. The largest absolute Gasteiger partial charge is 0.478 e. The SMILES string of the molecule is CN(CC(O)CO)C(=O)c1c(C(=O)O)cc(C(=O)O)cc1[N+](=O)[O-]. The third-order valence-electron chi connectivity index (χ3n) is 3.05. The average molecular weight is 342 g/mol. The summed E-state index contributed by atoms with van der Waals surface area (Å²) in [6.45, 7) is -1.09. The molecule has 4 N–H and O–H groups in total. The van der Waals surface area contributed by atoms with Crippen molar-refractivity contribution in [2.45, 2.75) is 6.10 Å². The molecule has 0 aliphatic heterocycles. The summed E-state index contributed by atoms with van der Waals surface area (Å²) in [5, 5.41) is 47.3. The number of likely N-dealkylation sites (N-methyl/N-ethyl adjacent to an activating group) is 1. The number of carboxylic acids is 2. The highest BCUT2D eigenvalue weighted by atomic mass is 16.6. The predicted octanol–water partition coefficient (Wildman–Crippen LogP) is -0.584. The smallest absolute Gasteiger partial charge is 0.336 e. The van der Waals surface area contributed by atoms with Crippen molar-refractivity contribution in [3.63, 3.8) is 0 Å². The van der Waals surface area contributed by atoms with Crippen molar-refractivity contribution >= 4 is 23.5 Å². The molecule has 0 saturated heterocycles. The Hall–Kier alpha value is -3.05. The van der Waals surface area contributed by atoms with E-state index in [9.17, 15) is 29.6 Å². The van der Waals surface area contributed by atoms with Gasteiger partial charge in [-0.15, -0.1) is 0 Å². The zero-order valence-corrected chi connectivity index (χ0v) is 12.4. The predicted molar refractivity (Wildman–Crippen MR) is 77.1 cm³/mol. The van der Waals surface area contributed by atoms with Gasteiger partial charge < -0.3 is 25.3 Å². The number of aromatic carboxylic acids is 2. The molecule has 1 aromatic rings. The van der Waals surface area contributed by atoms with Crippen LogP contribution in [0.4, 0.5) is 5.69 Å². The molecule has 1 amide bonds. The van der Waals surface area contributed by atoms with E-state index in [0.29, 0.717) is 12.1 Å². The number of benzene rings is 1. The Labute approximate surface area is 134 Å². The number of carboxylic acid groups (broad SMARTS) is 2. The maximum Gasteiger partial charge on any atom is 0.336 e. The zero-order chi connectivity index (χ0) is 18.6. The summed E-state index contributed by atoms with van der Waals surface area (Å²) < 4.78 is 0. The van der Waals surface area contributed by atoms with Crippen LogP contribution in [0.5, 0.6) is 0 Å². The number of carbonyl (C=O) groups is 3. The Bertz CT molecular complexity index is 666. The minimum absolute atomic E-state index is 0.410. The number of amides is 1. The van der Waals surface area contributed by atoms with Crippen LogP contribution in [0, 0.1) is 10.1 Å². The van der Waals surface area contributed by atoms with E-state index >= 15 is 0 Å². The van der Waals surface area contributed by atoms with Gasteiger partial charge in [-0.25, -0.2) is 9.59 Å². The lowest BCUT2D eigenvalue weighted by atomic mass is 10.00. The van der Waals surface area contributed by atoms with Crippen LogP contribution >= 0.6 is 0 Å². The average Bonchev–Trinajstić information content (AvgIpc) is 2.52. The molecular formula is C13H14N2O9. The van der Waals surface area contributed by atoms with Crippen molar-refractivity contribution in [1.82, 2.24) is 4.90 Å². The summed E-state index contributed by atoms with van der Waals surface area (Å²) in [5.41, 5.74) is -3.31. The van der Waals surface area contributed by atoms with Crippen LogP contribution in [0.3, 0.4) is 0 Å². The van der Waals surface area contributed by atoms with E-state index in [4.69, 9.17) is 15.3 Å². The quantitative estimate of drug-likeness (QED) is 0.372. The second-order valence-electron chi connectivity index (χ2n) is 4.81. The number of nitro benzene ring substituents is 1. The van der Waals surface area contributed by atoms with Gasteiger partial charge in [-0.1, -0.05) is 0 Å². The molecule has 0 spiro atoms. The van der Waals surface area contributed by atoms with Crippen LogP contribution < -0.4 is 0 Å². The number of aliphatic hydroxyl groups excluding tert-OH is 2. The van der Waals surface area contributed by atoms with Crippen LogP contribution in [0.2, 0.25) is 0 Å². The number of nitro groups is 1. The molecule has 0 bridgehead atoms. The Morgan fingerprint density at radius 3 is 2.25 bits per heavy atom. The fourth-order valence-corrected chi connectivity index (χ4v) is 1.94. The topological polar surface area (TPSA) is 179 Å². The van der Waals surface area contributed by atoms with Gasteiger partial charge in [-0.05, 0) is 6.07 Å². The fraction of sp³-hybridized carbons (Fsp3) is 0.308. The molecule has 0 aromatic heterocycles. The van der Waals surface area contributed by atoms with Crippen LogP contribution in [-0.4, -0.2) is 74.4 Å². The highest BCUT2D eigenvalue weighted by Crippen LogP contribution is 2.26. The summed E-state index contributed by atoms with van der Waals surface area (Å²) >= 11 is 0. The van der Waals surface area contributed by atoms with Gasteiger partial charge >= 0.3 is 11.9 Å². The Kier molecular flexibility index (Phi) is 5.92. The summed E-state index contributed by atoms with van der Waals surface area (Å²) in [4.78, 5) is 45.5. The van der Waals surface area contributed by atoms with Gasteiger partial charge in [0.15, 0.2) is 0 Å². The summed E-state index contributed by atoms with van der Waals surface area (Å²) in [6.07, 6.45) is -1.33. The highest BCUT2D eigenvalue weighted by Gasteiger charge is 2.32. The maximum absolute atomic E-state index is 12.3. The minimum Gasteiger partial charge on any atom is -0.478 e. The van der Waals surface area contributed by atoms with Gasteiger partial charge in [-0.3, -0.25) is 14.9 Å². The molecule has 0 aliphatic carbocycles. The van der Waals surface area contributed by atoms with Gasteiger partial charge in [0.1, 0.15) is 5.56 Å². The van der Waals surface area contributed by atoms with E-state index in [1.807, 2.05) is 0 Å². The zero-order valence-electron chi connectivity index (χ0n) is 12.4. The first-order valence-electron chi connectivity index (χ1n) is 6.43. The molecule has 1 aromatic carbocycles. The van der Waals surface area contributed by atoms with Gasteiger partial charge in [0.25, 0.3) is 11.6 Å². The molecule has 0 heterocycles. The standard InChI is InChI=1S/C13H14N2O9/c1-14(4-7(17)5-16)11(18)10-8(13(21)22)2-6(12(19)20)3-9(10)15(23)24/h2-3,7,16-17H,4-5H2,1H3,(H,19,20)(H,21,22). The highest BCUT2D eigenvalue weighted by molar-refractivity contribution is 6.09. The lowest BCUT2D eigenvalue weighted by Crippen LogP contribution is -2.37. The van der Waals surface area contributed by atoms with Crippen molar-refractivity contribution in [1.29, 1.82) is 0 Å². The first kappa shape index (κ1) is 19.0. The Morgan fingerprint density at radius 2 is 1.83 bits per heavy atom. The van der Waals surface area contributed by atoms with Crippen LogP contribution in [0.25, 0.3) is 0 Å². The van der Waals surface area contributed by atoms with E-state index in [1.165, 1.54) is 0 Å². The molecule has 24 heavy (non-hydrogen) atoms. The van der Waals surface area contributed by atoms with Crippen molar-refractivity contribution in [2.24, 2.45) is 0 Å². The number of rotatable bonds is 7. The molecule has 0 radical (unpaired) electrons. The van der Waals surface area contributed by atoms with E-state index in [-0.39, 0.29) is 0 Å². The molecule has 0 aliphatic rings. The third-order valence-corrected chi connectivity index (χ3v) is 3.05. The van der Waals surface area contributed by atoms with E-state index < -0.39 is 64.4 Å². The number of carbonyl (C=O) groups excluding carboxylic acids is 1. The van der Waals surface area contributed by atoms with Crippen molar-refractivity contribution in [3.8, 4) is 0 Å². The number of nitrogens with zero attached hydrogens (tertiary/aromatic N) is 2. The molecule has 11 heteroatoms. The van der Waals surface area contributed by atoms with E-state index in [2.05, 4.69) is 0 Å². The molecule has 0 saturated carbocycles. The molecule has 1 unspecified atom stereocenters. The van der Waals surface area contributed by atoms with Gasteiger partial charge in [-0.2, -0.15) is 0 Å². The maximum atomic E-state index is 12.3. The first-order chi connectivity index (χ1) is 11.1. The summed E-state index contributed by atoms with van der Waals surface area (Å²) in [7, 11) is 1.14. The lowest BCUT2D eigenvalue weighted by molar-refractivity contribution is -0.385. The van der Waals surface area contributed by atoms with Crippen molar-refractivity contribution in [2.75, 3.05) is 20.2 Å². The van der Waals surface area contributed by atoms with Crippen molar-refractivity contribution < 1.29 is 39.7 Å². The van der Waals surface area contributed by atoms with Crippen LogP contribution in [0.1, 0.15) is 31.1 Å². The fourth-order valence-electron chi connectivity index (χ4n) is 1.94. The molecule has 130 valence electrons. The van der Waals surface area contributed by atoms with E-state index in [0.717, 1.165) is 11.9 Å². The second kappa shape index (κ2) is 7.48. The Balaban J connectivity index is 3.54. The molecular weight excluding hydrogens is 328 g/mol. The molecule has 1 rings (SSSR count). The van der Waals surface area contributed by atoms with Crippen molar-refractivity contribution in [3.05, 3.63) is 38.9 Å². The van der Waals surface area contributed by atoms with Gasteiger partial charge in [0.2, 0.25) is 0 Å². The molecule has 11 nitrogen and oxygen atoms in total. The molecule has 1 atom stereocenters. The summed E-state index contributed by atoms with van der Waals surface area (Å²) in [6, 6.07) is 1.22. The van der Waals surface area contributed by atoms with Crippen LogP contribution in [-0.2, 0) is 0 Å². The third kappa shape index (κ3) is 4.02. The first-order valence-corrected chi connectivity index (χ1v) is 6.43. The van der Waals surface area contributed by atoms with Gasteiger partial charge in [0, 0.05) is 19.7 Å². The summed E-state index contributed by atoms with van der Waals surface area (Å²) in [5.74, 6) is -4.42. The van der Waals surface area contributed by atoms with Crippen LogP contribution in [0.15, 0.2) is 12.1 Å². The van der Waals surface area contributed by atoms with E-state index in [1.54, 1.807) is 0 Å². The molecule has 0 fully saturated rings. The Morgan fingerprint density at radius 1 is 1.25 bits per heavy atom. The number of hydrogen-bond acceptors (Lipinski definition) is 7. The normalized spacial score (nSPS) is 11.6.